The molecule has 4 heteroatoms. The highest BCUT2D eigenvalue weighted by atomic mass is 15.2. The highest BCUT2D eigenvalue weighted by molar-refractivity contribution is 5.79. The van der Waals surface area contributed by atoms with E-state index in [1.807, 2.05) is 7.05 Å². The molecule has 1 aromatic rings. The molecule has 1 atom stereocenters. The van der Waals surface area contributed by atoms with Crippen LogP contribution in [0.5, 0.6) is 0 Å². The van der Waals surface area contributed by atoms with E-state index < -0.39 is 0 Å². The summed E-state index contributed by atoms with van der Waals surface area (Å²) in [7, 11) is 1.83. The maximum atomic E-state index is 4.30. The van der Waals surface area contributed by atoms with E-state index in [0.717, 1.165) is 38.1 Å². The van der Waals surface area contributed by atoms with E-state index in [1.54, 1.807) is 0 Å². The Balaban J connectivity index is 1.62. The predicted octanol–water partition coefficient (Wildman–Crippen LogP) is 2.27. The largest absolute Gasteiger partial charge is 0.356 e. The number of piperidine rings is 1. The molecule has 0 radical (unpaired) electrons. The summed E-state index contributed by atoms with van der Waals surface area (Å²) < 4.78 is 0. The van der Waals surface area contributed by atoms with Crippen molar-refractivity contribution in [3.05, 3.63) is 35.9 Å². The molecular formula is C18H30N4. The molecule has 122 valence electrons. The lowest BCUT2D eigenvalue weighted by Crippen LogP contribution is -2.45. The minimum atomic E-state index is 0.726. The van der Waals surface area contributed by atoms with Gasteiger partial charge in [0.25, 0.3) is 0 Å². The van der Waals surface area contributed by atoms with Crippen molar-refractivity contribution in [3.63, 3.8) is 0 Å². The number of hydrogen-bond donors (Lipinski definition) is 2. The van der Waals surface area contributed by atoms with Gasteiger partial charge in [-0.25, -0.2) is 0 Å². The van der Waals surface area contributed by atoms with Gasteiger partial charge in [0.2, 0.25) is 0 Å². The molecule has 1 fully saturated rings. The van der Waals surface area contributed by atoms with Crippen LogP contribution in [0.25, 0.3) is 0 Å². The third-order valence-corrected chi connectivity index (χ3v) is 4.40. The maximum absolute atomic E-state index is 4.30. The van der Waals surface area contributed by atoms with Crippen LogP contribution in [-0.4, -0.2) is 50.1 Å². The average molecular weight is 302 g/mol. The van der Waals surface area contributed by atoms with Gasteiger partial charge in [0.15, 0.2) is 5.96 Å². The molecule has 0 saturated carbocycles. The summed E-state index contributed by atoms with van der Waals surface area (Å²) in [5.74, 6) is 0.903. The van der Waals surface area contributed by atoms with Gasteiger partial charge >= 0.3 is 0 Å². The standard InChI is InChI=1S/C18H30N4/c1-16-8-6-7-14-22(16)15-13-21-18(19-2)20-12-11-17-9-4-3-5-10-17/h3-5,9-10,16H,6-8,11-15H2,1-2H3,(H2,19,20,21). The van der Waals surface area contributed by atoms with Crippen molar-refractivity contribution in [1.82, 2.24) is 15.5 Å². The quantitative estimate of drug-likeness (QED) is 0.625. The Bertz CT molecular complexity index is 444. The first-order chi connectivity index (χ1) is 10.8. The van der Waals surface area contributed by atoms with Crippen molar-refractivity contribution in [1.29, 1.82) is 0 Å². The molecule has 0 bridgehead atoms. The van der Waals surface area contributed by atoms with Crippen molar-refractivity contribution >= 4 is 5.96 Å². The van der Waals surface area contributed by atoms with Crippen molar-refractivity contribution in [2.24, 2.45) is 4.99 Å². The van der Waals surface area contributed by atoms with Gasteiger partial charge in [-0.1, -0.05) is 36.8 Å². The minimum absolute atomic E-state index is 0.726. The van der Waals surface area contributed by atoms with Crippen molar-refractivity contribution in [2.75, 3.05) is 33.2 Å². The fourth-order valence-corrected chi connectivity index (χ4v) is 3.00. The molecule has 4 nitrogen and oxygen atoms in total. The second kappa shape index (κ2) is 9.46. The minimum Gasteiger partial charge on any atom is -0.356 e. The summed E-state index contributed by atoms with van der Waals surface area (Å²) in [5, 5.41) is 6.81. The van der Waals surface area contributed by atoms with Crippen LogP contribution in [0.2, 0.25) is 0 Å². The van der Waals surface area contributed by atoms with Crippen LogP contribution >= 0.6 is 0 Å². The van der Waals surface area contributed by atoms with E-state index in [4.69, 9.17) is 0 Å². The predicted molar refractivity (Wildman–Crippen MR) is 94.4 cm³/mol. The molecule has 0 amide bonds. The number of rotatable bonds is 6. The lowest BCUT2D eigenvalue weighted by molar-refractivity contribution is 0.163. The van der Waals surface area contributed by atoms with E-state index in [2.05, 4.69) is 57.8 Å². The molecule has 1 heterocycles. The highest BCUT2D eigenvalue weighted by Gasteiger charge is 2.17. The van der Waals surface area contributed by atoms with E-state index >= 15 is 0 Å². The SMILES string of the molecule is CN=C(NCCc1ccccc1)NCCN1CCCCC1C. The molecular weight excluding hydrogens is 272 g/mol. The van der Waals surface area contributed by atoms with Gasteiger partial charge in [-0.05, 0) is 38.3 Å². The number of hydrogen-bond acceptors (Lipinski definition) is 2. The Kier molecular flexibility index (Phi) is 7.23. The van der Waals surface area contributed by atoms with Crippen molar-refractivity contribution in [3.8, 4) is 0 Å². The third kappa shape index (κ3) is 5.68. The molecule has 2 N–H and O–H groups in total. The Morgan fingerprint density at radius 2 is 1.95 bits per heavy atom. The van der Waals surface area contributed by atoms with Crippen LogP contribution < -0.4 is 10.6 Å². The lowest BCUT2D eigenvalue weighted by atomic mass is 10.0. The molecule has 0 spiro atoms. The number of guanidine groups is 1. The summed E-state index contributed by atoms with van der Waals surface area (Å²) in [5.41, 5.74) is 1.35. The van der Waals surface area contributed by atoms with Crippen LogP contribution in [-0.2, 0) is 6.42 Å². The summed E-state index contributed by atoms with van der Waals surface area (Å²) in [4.78, 5) is 6.87. The monoisotopic (exact) mass is 302 g/mol. The molecule has 1 saturated heterocycles. The van der Waals surface area contributed by atoms with Gasteiger partial charge in [0.05, 0.1) is 0 Å². The highest BCUT2D eigenvalue weighted by Crippen LogP contribution is 2.15. The Morgan fingerprint density at radius 3 is 2.68 bits per heavy atom. The van der Waals surface area contributed by atoms with E-state index in [0.29, 0.717) is 0 Å². The molecule has 1 aromatic carbocycles. The summed E-state index contributed by atoms with van der Waals surface area (Å²) in [6.07, 6.45) is 5.08. The molecule has 22 heavy (non-hydrogen) atoms. The van der Waals surface area contributed by atoms with Gasteiger partial charge in [-0.15, -0.1) is 0 Å². The number of aliphatic imine (C=N–C) groups is 1. The van der Waals surface area contributed by atoms with E-state index in [1.165, 1.54) is 31.4 Å². The fraction of sp³-hybridized carbons (Fsp3) is 0.611. The molecule has 2 rings (SSSR count). The molecule has 1 aliphatic rings. The molecule has 0 aliphatic carbocycles. The van der Waals surface area contributed by atoms with E-state index in [9.17, 15) is 0 Å². The zero-order chi connectivity index (χ0) is 15.6. The van der Waals surface area contributed by atoms with Crippen molar-refractivity contribution < 1.29 is 0 Å². The van der Waals surface area contributed by atoms with Crippen LogP contribution in [0.1, 0.15) is 31.7 Å². The second-order valence-electron chi connectivity index (χ2n) is 6.04. The van der Waals surface area contributed by atoms with Crippen LogP contribution in [0.4, 0.5) is 0 Å². The van der Waals surface area contributed by atoms with E-state index in [-0.39, 0.29) is 0 Å². The first kappa shape index (κ1) is 16.8. The zero-order valence-corrected chi connectivity index (χ0v) is 14.0. The number of nitrogens with zero attached hydrogens (tertiary/aromatic N) is 2. The Labute approximate surface area is 135 Å². The van der Waals surface area contributed by atoms with Crippen LogP contribution in [0.3, 0.4) is 0 Å². The van der Waals surface area contributed by atoms with Gasteiger partial charge in [-0.3, -0.25) is 9.89 Å². The number of likely N-dealkylation sites (tertiary alicyclic amines) is 1. The fourth-order valence-electron chi connectivity index (χ4n) is 3.00. The Morgan fingerprint density at radius 1 is 1.18 bits per heavy atom. The van der Waals surface area contributed by atoms with Gasteiger partial charge in [-0.2, -0.15) is 0 Å². The average Bonchev–Trinajstić information content (AvgIpc) is 2.56. The smallest absolute Gasteiger partial charge is 0.191 e. The maximum Gasteiger partial charge on any atom is 0.191 e. The Hall–Kier alpha value is -1.55. The number of benzene rings is 1. The topological polar surface area (TPSA) is 39.7 Å². The summed E-state index contributed by atoms with van der Waals surface area (Å²) >= 11 is 0. The van der Waals surface area contributed by atoms with Gasteiger partial charge in [0, 0.05) is 32.7 Å². The molecule has 0 aromatic heterocycles. The summed E-state index contributed by atoms with van der Waals surface area (Å²) in [6.45, 7) is 6.54. The first-order valence-electron chi connectivity index (χ1n) is 8.52. The second-order valence-corrected chi connectivity index (χ2v) is 6.04. The normalized spacial score (nSPS) is 19.9. The third-order valence-electron chi connectivity index (χ3n) is 4.40. The van der Waals surface area contributed by atoms with Gasteiger partial charge in [0.1, 0.15) is 0 Å². The number of nitrogens with one attached hydrogen (secondary N) is 2. The molecule has 1 aliphatic heterocycles. The van der Waals surface area contributed by atoms with Gasteiger partial charge < -0.3 is 10.6 Å². The molecule has 1 unspecified atom stereocenters. The first-order valence-corrected chi connectivity index (χ1v) is 8.52. The summed E-state index contributed by atoms with van der Waals surface area (Å²) in [6, 6.07) is 11.3. The van der Waals surface area contributed by atoms with Crippen LogP contribution in [0.15, 0.2) is 35.3 Å². The van der Waals surface area contributed by atoms with Crippen molar-refractivity contribution in [2.45, 2.75) is 38.6 Å². The lowest BCUT2D eigenvalue weighted by Gasteiger charge is -2.33. The zero-order valence-electron chi connectivity index (χ0n) is 14.0. The van der Waals surface area contributed by atoms with Crippen LogP contribution in [0, 0.1) is 0 Å².